The van der Waals surface area contributed by atoms with Crippen molar-refractivity contribution in [1.29, 1.82) is 0 Å². The number of nitrogens with zero attached hydrogens (tertiary/aromatic N) is 2. The van der Waals surface area contributed by atoms with Gasteiger partial charge in [0.05, 0.1) is 5.69 Å². The summed E-state index contributed by atoms with van der Waals surface area (Å²) in [6, 6.07) is 11.3. The van der Waals surface area contributed by atoms with E-state index in [2.05, 4.69) is 4.98 Å². The molecule has 0 saturated carbocycles. The minimum Gasteiger partial charge on any atom is -0.550 e. The van der Waals surface area contributed by atoms with E-state index in [-0.39, 0.29) is 30.5 Å². The van der Waals surface area contributed by atoms with Gasteiger partial charge in [-0.15, -0.1) is 0 Å². The van der Waals surface area contributed by atoms with Crippen molar-refractivity contribution in [3.8, 4) is 16.9 Å². The molecule has 0 fully saturated rings. The molecule has 0 spiro atoms. The quantitative estimate of drug-likeness (QED) is 0.586. The van der Waals surface area contributed by atoms with E-state index in [1.807, 2.05) is 0 Å². The molecule has 0 aliphatic rings. The van der Waals surface area contributed by atoms with Crippen LogP contribution >= 0.6 is 0 Å². The molecule has 0 radical (unpaired) electrons. The van der Waals surface area contributed by atoms with Crippen LogP contribution in [-0.4, -0.2) is 15.5 Å². The summed E-state index contributed by atoms with van der Waals surface area (Å²) in [5.41, 5.74) is 1.71. The van der Waals surface area contributed by atoms with Gasteiger partial charge in [-0.2, -0.15) is 0 Å². The van der Waals surface area contributed by atoms with Crippen LogP contribution in [0.15, 0.2) is 54.7 Å². The van der Waals surface area contributed by atoms with E-state index in [1.165, 1.54) is 36.4 Å². The van der Waals surface area contributed by atoms with Crippen LogP contribution in [0.4, 0.5) is 8.78 Å². The Labute approximate surface area is 148 Å². The number of rotatable bonds is 4. The molecule has 1 heterocycles. The first-order valence-corrected chi connectivity index (χ1v) is 6.83. The van der Waals surface area contributed by atoms with Gasteiger partial charge in [0.25, 0.3) is 0 Å². The van der Waals surface area contributed by atoms with Crippen LogP contribution in [-0.2, 0) is 11.2 Å². The predicted molar refractivity (Wildman–Crippen MR) is 77.6 cm³/mol. The van der Waals surface area contributed by atoms with Crippen molar-refractivity contribution >= 4 is 5.97 Å². The summed E-state index contributed by atoms with van der Waals surface area (Å²) in [6.07, 6.45) is 1.23. The first kappa shape index (κ1) is 17.9. The Morgan fingerprint density at radius 1 is 1.00 bits per heavy atom. The standard InChI is InChI=1S/C17H12F2N2O2.Li/c18-12-3-1-11(2-4-12)15-10-21(16(20-15)9-17(22)23)14-7-5-13(19)6-8-14;/h1-8,10H,9H2,(H,22,23);/q;+1/p-1. The minimum atomic E-state index is -1.27. The maximum absolute atomic E-state index is 13.1. The summed E-state index contributed by atoms with van der Waals surface area (Å²) in [6.45, 7) is 0. The van der Waals surface area contributed by atoms with Gasteiger partial charge in [0.2, 0.25) is 0 Å². The third-order valence-electron chi connectivity index (χ3n) is 3.33. The van der Waals surface area contributed by atoms with Gasteiger partial charge in [0.1, 0.15) is 17.5 Å². The molecule has 2 aromatic carbocycles. The van der Waals surface area contributed by atoms with Crippen LogP contribution in [0.3, 0.4) is 0 Å². The molecule has 4 nitrogen and oxygen atoms in total. The van der Waals surface area contributed by atoms with Crippen molar-refractivity contribution in [2.75, 3.05) is 0 Å². The van der Waals surface area contributed by atoms with Crippen molar-refractivity contribution in [2.24, 2.45) is 0 Å². The molecule has 0 saturated heterocycles. The number of benzene rings is 2. The second-order valence-electron chi connectivity index (χ2n) is 4.94. The minimum absolute atomic E-state index is 0. The molecule has 0 unspecified atom stereocenters. The van der Waals surface area contributed by atoms with E-state index in [9.17, 15) is 18.7 Å². The van der Waals surface area contributed by atoms with E-state index >= 15 is 0 Å². The SMILES string of the molecule is O=C([O-])Cc1nc(-c2ccc(F)cc2)cn1-c1ccc(F)cc1.[Li+]. The van der Waals surface area contributed by atoms with E-state index < -0.39 is 18.2 Å². The number of halogens is 2. The Balaban J connectivity index is 0.00000208. The fourth-order valence-electron chi connectivity index (χ4n) is 2.26. The van der Waals surface area contributed by atoms with Crippen LogP contribution in [0.2, 0.25) is 0 Å². The average Bonchev–Trinajstić information content (AvgIpc) is 2.92. The summed E-state index contributed by atoms with van der Waals surface area (Å²) in [5.74, 6) is -1.80. The molecule has 116 valence electrons. The Bertz CT molecular complexity index is 846. The number of aliphatic carboxylic acids is 1. The summed E-state index contributed by atoms with van der Waals surface area (Å²) in [7, 11) is 0. The molecule has 3 aromatic rings. The van der Waals surface area contributed by atoms with Crippen LogP contribution in [0, 0.1) is 11.6 Å². The fourth-order valence-corrected chi connectivity index (χ4v) is 2.26. The smallest absolute Gasteiger partial charge is 0.550 e. The van der Waals surface area contributed by atoms with Crippen LogP contribution in [0.1, 0.15) is 5.82 Å². The van der Waals surface area contributed by atoms with Gasteiger partial charge in [-0.3, -0.25) is 0 Å². The van der Waals surface area contributed by atoms with Crippen molar-refractivity contribution < 1.29 is 37.5 Å². The van der Waals surface area contributed by atoms with Gasteiger partial charge in [-0.1, -0.05) is 0 Å². The van der Waals surface area contributed by atoms with Crippen molar-refractivity contribution in [3.05, 3.63) is 72.2 Å². The van der Waals surface area contributed by atoms with Gasteiger partial charge in [0.15, 0.2) is 0 Å². The Kier molecular flexibility index (Phi) is 5.55. The molecule has 0 N–H and O–H groups in total. The summed E-state index contributed by atoms with van der Waals surface area (Å²) >= 11 is 0. The van der Waals surface area contributed by atoms with Crippen LogP contribution in [0.5, 0.6) is 0 Å². The predicted octanol–water partition coefficient (Wildman–Crippen LogP) is -0.886. The van der Waals surface area contributed by atoms with Crippen molar-refractivity contribution in [1.82, 2.24) is 9.55 Å². The normalized spacial score (nSPS) is 10.2. The number of hydrogen-bond acceptors (Lipinski definition) is 3. The van der Waals surface area contributed by atoms with Crippen LogP contribution < -0.4 is 24.0 Å². The summed E-state index contributed by atoms with van der Waals surface area (Å²) in [4.78, 5) is 15.2. The number of carboxylic acid groups (broad SMARTS) is 1. The monoisotopic (exact) mass is 320 g/mol. The maximum atomic E-state index is 13.1. The van der Waals surface area contributed by atoms with Crippen LogP contribution in [0.25, 0.3) is 16.9 Å². The second-order valence-corrected chi connectivity index (χ2v) is 4.94. The zero-order valence-electron chi connectivity index (χ0n) is 12.9. The molecule has 0 amide bonds. The second kappa shape index (κ2) is 7.43. The molecule has 7 heteroatoms. The molecule has 0 atom stereocenters. The zero-order valence-corrected chi connectivity index (χ0v) is 12.9. The van der Waals surface area contributed by atoms with Gasteiger partial charge < -0.3 is 14.5 Å². The zero-order chi connectivity index (χ0) is 16.4. The van der Waals surface area contributed by atoms with E-state index in [4.69, 9.17) is 0 Å². The fraction of sp³-hybridized carbons (Fsp3) is 0.0588. The number of carbonyl (C=O) groups excluding carboxylic acids is 1. The Morgan fingerprint density at radius 2 is 1.54 bits per heavy atom. The van der Waals surface area contributed by atoms with Gasteiger partial charge >= 0.3 is 18.9 Å². The first-order chi connectivity index (χ1) is 11.0. The Hall–Kier alpha value is -2.42. The molecular weight excluding hydrogens is 309 g/mol. The number of imidazole rings is 1. The maximum Gasteiger partial charge on any atom is 1.00 e. The first-order valence-electron chi connectivity index (χ1n) is 6.83. The van der Waals surface area contributed by atoms with Crippen molar-refractivity contribution in [2.45, 2.75) is 6.42 Å². The molecule has 0 aliphatic carbocycles. The Morgan fingerprint density at radius 3 is 2.08 bits per heavy atom. The number of aromatic nitrogens is 2. The number of carbonyl (C=O) groups is 1. The molecule has 0 bridgehead atoms. The molecule has 1 aromatic heterocycles. The van der Waals surface area contributed by atoms with E-state index in [1.54, 1.807) is 22.9 Å². The van der Waals surface area contributed by atoms with Gasteiger partial charge in [0, 0.05) is 29.8 Å². The van der Waals surface area contributed by atoms with E-state index in [0.717, 1.165) is 0 Å². The number of hydrogen-bond donors (Lipinski definition) is 0. The van der Waals surface area contributed by atoms with Crippen molar-refractivity contribution in [3.63, 3.8) is 0 Å². The van der Waals surface area contributed by atoms with E-state index in [0.29, 0.717) is 16.9 Å². The molecular formula is C17H11F2LiN2O2. The van der Waals surface area contributed by atoms with Gasteiger partial charge in [-0.25, -0.2) is 13.8 Å². The molecule has 0 aliphatic heterocycles. The average molecular weight is 320 g/mol. The third kappa shape index (κ3) is 3.91. The third-order valence-corrected chi connectivity index (χ3v) is 3.33. The molecule has 24 heavy (non-hydrogen) atoms. The van der Waals surface area contributed by atoms with Gasteiger partial charge in [-0.05, 0) is 48.5 Å². The molecule has 3 rings (SSSR count). The summed E-state index contributed by atoms with van der Waals surface area (Å²) < 4.78 is 27.6. The summed E-state index contributed by atoms with van der Waals surface area (Å²) in [5, 5.41) is 10.9. The topological polar surface area (TPSA) is 57.9 Å². The largest absolute Gasteiger partial charge is 1.00 e. The number of carboxylic acids is 1.